The van der Waals surface area contributed by atoms with E-state index in [9.17, 15) is 0 Å². The Kier molecular flexibility index (Phi) is 5.36. The molecule has 0 unspecified atom stereocenters. The van der Waals surface area contributed by atoms with Crippen LogP contribution in [-0.2, 0) is 22.5 Å². The molecule has 0 N–H and O–H groups in total. The molecular formula is C21H21ClN2O3S. The summed E-state index contributed by atoms with van der Waals surface area (Å²) < 4.78 is 16.8. The Hall–Kier alpha value is -2.02. The summed E-state index contributed by atoms with van der Waals surface area (Å²) in [5.74, 6) is 1.97. The van der Waals surface area contributed by atoms with Crippen molar-refractivity contribution in [3.63, 3.8) is 0 Å². The maximum atomic E-state index is 6.22. The maximum absolute atomic E-state index is 6.22. The SMILES string of the molecule is CC(C)(C)c1ccc(-c2nnc(SCc3cc(Cl)cc4c3OCOC4)o2)cc1. The van der Waals surface area contributed by atoms with E-state index in [4.69, 9.17) is 25.5 Å². The van der Waals surface area contributed by atoms with Crippen LogP contribution in [0.2, 0.25) is 5.02 Å². The topological polar surface area (TPSA) is 57.4 Å². The van der Waals surface area contributed by atoms with Crippen LogP contribution in [0.4, 0.5) is 0 Å². The second-order valence-corrected chi connectivity index (χ2v) is 9.02. The molecule has 1 aromatic heterocycles. The van der Waals surface area contributed by atoms with Gasteiger partial charge in [-0.15, -0.1) is 10.2 Å². The summed E-state index contributed by atoms with van der Waals surface area (Å²) in [7, 11) is 0. The zero-order valence-electron chi connectivity index (χ0n) is 16.0. The standard InChI is InChI=1S/C21H21ClN2O3S/c1-21(2,3)16-6-4-13(5-7-16)19-23-24-20(27-19)28-11-15-9-17(22)8-14-10-25-12-26-18(14)15/h4-9H,10-12H2,1-3H3. The molecule has 1 aliphatic heterocycles. The van der Waals surface area contributed by atoms with E-state index in [1.54, 1.807) is 0 Å². The molecule has 0 atom stereocenters. The van der Waals surface area contributed by atoms with E-state index in [0.29, 0.717) is 28.5 Å². The van der Waals surface area contributed by atoms with E-state index in [-0.39, 0.29) is 12.2 Å². The predicted molar refractivity (Wildman–Crippen MR) is 110 cm³/mol. The van der Waals surface area contributed by atoms with Crippen LogP contribution in [0.5, 0.6) is 5.75 Å². The fourth-order valence-electron chi connectivity index (χ4n) is 3.00. The van der Waals surface area contributed by atoms with Crippen molar-refractivity contribution in [2.75, 3.05) is 6.79 Å². The summed E-state index contributed by atoms with van der Waals surface area (Å²) in [6.45, 7) is 7.32. The Bertz CT molecular complexity index is 980. The second-order valence-electron chi connectivity index (χ2n) is 7.65. The lowest BCUT2D eigenvalue weighted by atomic mass is 9.87. The van der Waals surface area contributed by atoms with E-state index >= 15 is 0 Å². The summed E-state index contributed by atoms with van der Waals surface area (Å²) in [5, 5.41) is 9.51. The minimum Gasteiger partial charge on any atom is -0.467 e. The first-order chi connectivity index (χ1) is 13.4. The average Bonchev–Trinajstić information content (AvgIpc) is 3.14. The highest BCUT2D eigenvalue weighted by Gasteiger charge is 2.18. The highest BCUT2D eigenvalue weighted by Crippen LogP contribution is 2.36. The number of hydrogen-bond acceptors (Lipinski definition) is 6. The van der Waals surface area contributed by atoms with Crippen LogP contribution < -0.4 is 4.74 Å². The second kappa shape index (κ2) is 7.78. The van der Waals surface area contributed by atoms with Gasteiger partial charge in [-0.1, -0.05) is 56.3 Å². The Morgan fingerprint density at radius 3 is 2.64 bits per heavy atom. The molecule has 0 amide bonds. The lowest BCUT2D eigenvalue weighted by molar-refractivity contribution is -0.0168. The predicted octanol–water partition coefficient (Wildman–Crippen LogP) is 5.85. The van der Waals surface area contributed by atoms with E-state index < -0.39 is 0 Å². The summed E-state index contributed by atoms with van der Waals surface area (Å²) in [6.07, 6.45) is 0. The molecule has 0 bridgehead atoms. The molecule has 0 spiro atoms. The van der Waals surface area contributed by atoms with Crippen LogP contribution in [0.15, 0.2) is 46.0 Å². The van der Waals surface area contributed by atoms with Gasteiger partial charge in [0.15, 0.2) is 6.79 Å². The van der Waals surface area contributed by atoms with Crippen molar-refractivity contribution < 1.29 is 13.9 Å². The Labute approximate surface area is 173 Å². The molecule has 1 aliphatic rings. The number of ether oxygens (including phenoxy) is 2. The van der Waals surface area contributed by atoms with Gasteiger partial charge in [0, 0.05) is 27.5 Å². The number of nitrogens with zero attached hydrogens (tertiary/aromatic N) is 2. The van der Waals surface area contributed by atoms with Crippen LogP contribution in [0.25, 0.3) is 11.5 Å². The van der Waals surface area contributed by atoms with E-state index in [1.807, 2.05) is 24.3 Å². The zero-order valence-corrected chi connectivity index (χ0v) is 17.6. The van der Waals surface area contributed by atoms with Gasteiger partial charge in [-0.05, 0) is 35.2 Å². The smallest absolute Gasteiger partial charge is 0.277 e. The number of benzene rings is 2. The van der Waals surface area contributed by atoms with Crippen molar-refractivity contribution in [3.8, 4) is 17.2 Å². The van der Waals surface area contributed by atoms with Gasteiger partial charge in [-0.3, -0.25) is 0 Å². The van der Waals surface area contributed by atoms with E-state index in [2.05, 4.69) is 43.1 Å². The third-order valence-corrected chi connectivity index (χ3v) is 5.59. The van der Waals surface area contributed by atoms with Crippen LogP contribution in [0.3, 0.4) is 0 Å². The minimum absolute atomic E-state index is 0.109. The first kappa shape index (κ1) is 19.3. The molecular weight excluding hydrogens is 396 g/mol. The maximum Gasteiger partial charge on any atom is 0.277 e. The van der Waals surface area contributed by atoms with Crippen LogP contribution in [-0.4, -0.2) is 17.0 Å². The van der Waals surface area contributed by atoms with Crippen molar-refractivity contribution in [2.24, 2.45) is 0 Å². The lowest BCUT2D eigenvalue weighted by Gasteiger charge is -2.20. The summed E-state index contributed by atoms with van der Waals surface area (Å²) in [5.41, 5.74) is 4.23. The van der Waals surface area contributed by atoms with Gasteiger partial charge >= 0.3 is 0 Å². The number of rotatable bonds is 4. The zero-order chi connectivity index (χ0) is 19.7. The summed E-state index contributed by atoms with van der Waals surface area (Å²) >= 11 is 7.68. The van der Waals surface area contributed by atoms with Gasteiger partial charge < -0.3 is 13.9 Å². The molecule has 28 heavy (non-hydrogen) atoms. The normalized spacial score (nSPS) is 13.9. The monoisotopic (exact) mass is 416 g/mol. The van der Waals surface area contributed by atoms with Crippen molar-refractivity contribution in [3.05, 3.63) is 58.1 Å². The Balaban J connectivity index is 1.48. The number of hydrogen-bond donors (Lipinski definition) is 0. The van der Waals surface area contributed by atoms with Gasteiger partial charge in [-0.2, -0.15) is 0 Å². The minimum atomic E-state index is 0.109. The number of fused-ring (bicyclic) bond motifs is 1. The van der Waals surface area contributed by atoms with Crippen LogP contribution in [0, 0.1) is 0 Å². The van der Waals surface area contributed by atoms with Crippen LogP contribution >= 0.6 is 23.4 Å². The fourth-order valence-corrected chi connectivity index (χ4v) is 3.99. The molecule has 0 saturated carbocycles. The number of aromatic nitrogens is 2. The largest absolute Gasteiger partial charge is 0.467 e. The molecule has 0 saturated heterocycles. The molecule has 2 heterocycles. The molecule has 7 heteroatoms. The van der Waals surface area contributed by atoms with Crippen LogP contribution in [0.1, 0.15) is 37.5 Å². The molecule has 5 nitrogen and oxygen atoms in total. The molecule has 0 fully saturated rings. The van der Waals surface area contributed by atoms with Gasteiger partial charge in [0.25, 0.3) is 5.22 Å². The number of thioether (sulfide) groups is 1. The van der Waals surface area contributed by atoms with Gasteiger partial charge in [0.1, 0.15) is 5.75 Å². The highest BCUT2D eigenvalue weighted by molar-refractivity contribution is 7.98. The van der Waals surface area contributed by atoms with Crippen molar-refractivity contribution >= 4 is 23.4 Å². The first-order valence-corrected chi connectivity index (χ1v) is 10.4. The summed E-state index contributed by atoms with van der Waals surface area (Å²) in [6, 6.07) is 12.0. The van der Waals surface area contributed by atoms with E-state index in [0.717, 1.165) is 22.4 Å². The van der Waals surface area contributed by atoms with Crippen molar-refractivity contribution in [1.29, 1.82) is 0 Å². The molecule has 3 aromatic rings. The highest BCUT2D eigenvalue weighted by atomic mass is 35.5. The Morgan fingerprint density at radius 2 is 1.89 bits per heavy atom. The van der Waals surface area contributed by atoms with E-state index in [1.165, 1.54) is 17.3 Å². The molecule has 0 aliphatic carbocycles. The van der Waals surface area contributed by atoms with Gasteiger partial charge in [-0.25, -0.2) is 0 Å². The molecule has 4 rings (SSSR count). The third-order valence-electron chi connectivity index (χ3n) is 4.51. The quantitative estimate of drug-likeness (QED) is 0.497. The van der Waals surface area contributed by atoms with Crippen molar-refractivity contribution in [1.82, 2.24) is 10.2 Å². The summed E-state index contributed by atoms with van der Waals surface area (Å²) in [4.78, 5) is 0. The first-order valence-electron chi connectivity index (χ1n) is 8.99. The number of halogens is 1. The molecule has 2 aromatic carbocycles. The average molecular weight is 417 g/mol. The third kappa shape index (κ3) is 4.19. The molecule has 146 valence electrons. The van der Waals surface area contributed by atoms with Gasteiger partial charge in [0.2, 0.25) is 5.89 Å². The fraction of sp³-hybridized carbons (Fsp3) is 0.333. The van der Waals surface area contributed by atoms with Gasteiger partial charge in [0.05, 0.1) is 6.61 Å². The van der Waals surface area contributed by atoms with Crippen molar-refractivity contribution in [2.45, 2.75) is 43.8 Å². The molecule has 0 radical (unpaired) electrons. The Morgan fingerprint density at radius 1 is 1.11 bits per heavy atom. The lowest BCUT2D eigenvalue weighted by Crippen LogP contribution is -2.12.